The lowest BCUT2D eigenvalue weighted by Gasteiger charge is -2.18. The van der Waals surface area contributed by atoms with Gasteiger partial charge in [-0.25, -0.2) is 0 Å². The van der Waals surface area contributed by atoms with E-state index in [0.29, 0.717) is 19.3 Å². The van der Waals surface area contributed by atoms with Crippen LogP contribution in [0.4, 0.5) is 0 Å². The molecule has 0 aromatic carbocycles. The standard InChI is InChI=1S/C61H104O6/c1-4-7-10-13-15-17-19-20-21-22-23-24-25-26-27-28-29-30-31-32-33-34-35-36-37-38-39-40-42-43-45-48-51-54-60(63)66-57-58(56-65-59(62)53-50-47-12-9-6-3)67-61(64)55-52-49-46-44-41-18-16-14-11-8-5-2/h7,10,14-17,20-21,23-24,26-27,29-30,58H,4-6,8-9,11-13,18-19,22,25,28,31-57H2,1-3H3/b10-7-,16-14-,17-15-,21-20-,24-23-,27-26-,30-29-. The first kappa shape index (κ1) is 63.6. The quantitative estimate of drug-likeness (QED) is 0.0262. The van der Waals surface area contributed by atoms with Gasteiger partial charge in [-0.2, -0.15) is 0 Å². The van der Waals surface area contributed by atoms with Crippen LogP contribution >= 0.6 is 0 Å². The fraction of sp³-hybridized carbons (Fsp3) is 0.721. The number of ether oxygens (including phenoxy) is 3. The zero-order valence-corrected chi connectivity index (χ0v) is 43.9. The highest BCUT2D eigenvalue weighted by Crippen LogP contribution is 2.15. The highest BCUT2D eigenvalue weighted by atomic mass is 16.6. The summed E-state index contributed by atoms with van der Waals surface area (Å²) < 4.78 is 16.6. The van der Waals surface area contributed by atoms with Crippen LogP contribution in [0.5, 0.6) is 0 Å². The largest absolute Gasteiger partial charge is 0.462 e. The summed E-state index contributed by atoms with van der Waals surface area (Å²) in [5.74, 6) is -0.901. The van der Waals surface area contributed by atoms with E-state index in [4.69, 9.17) is 14.2 Å². The zero-order chi connectivity index (χ0) is 48.6. The van der Waals surface area contributed by atoms with Crippen molar-refractivity contribution in [3.8, 4) is 0 Å². The van der Waals surface area contributed by atoms with Crippen molar-refractivity contribution in [2.45, 2.75) is 271 Å². The minimum absolute atomic E-state index is 0.0782. The van der Waals surface area contributed by atoms with Gasteiger partial charge in [0, 0.05) is 19.3 Å². The summed E-state index contributed by atoms with van der Waals surface area (Å²) in [6, 6.07) is 0. The molecule has 0 rings (SSSR count). The van der Waals surface area contributed by atoms with Crippen LogP contribution in [-0.4, -0.2) is 37.2 Å². The Morgan fingerprint density at radius 2 is 0.597 bits per heavy atom. The van der Waals surface area contributed by atoms with Crippen molar-refractivity contribution >= 4 is 17.9 Å². The van der Waals surface area contributed by atoms with E-state index in [-0.39, 0.29) is 31.1 Å². The minimum atomic E-state index is -0.774. The highest BCUT2D eigenvalue weighted by Gasteiger charge is 2.19. The SMILES string of the molecule is CC/C=C\C/C=C\C/C=C\C/C=C\C/C=C\C/C=C\CCCCCCCCCCCCCCCCC(=O)OCC(COC(=O)CCCCCCC)OC(=O)CCCCCCC/C=C\CCCC. The molecule has 384 valence electrons. The van der Waals surface area contributed by atoms with E-state index in [1.54, 1.807) is 0 Å². The molecule has 67 heavy (non-hydrogen) atoms. The first-order valence-corrected chi connectivity index (χ1v) is 28.1. The van der Waals surface area contributed by atoms with E-state index in [1.165, 1.54) is 109 Å². The summed E-state index contributed by atoms with van der Waals surface area (Å²) >= 11 is 0. The molecule has 0 saturated heterocycles. The Morgan fingerprint density at radius 3 is 0.970 bits per heavy atom. The van der Waals surface area contributed by atoms with E-state index in [2.05, 4.69) is 106 Å². The van der Waals surface area contributed by atoms with E-state index in [1.807, 2.05) is 0 Å². The minimum Gasteiger partial charge on any atom is -0.462 e. The maximum Gasteiger partial charge on any atom is 0.306 e. The number of hydrogen-bond acceptors (Lipinski definition) is 6. The van der Waals surface area contributed by atoms with Gasteiger partial charge in [-0.1, -0.05) is 241 Å². The van der Waals surface area contributed by atoms with Crippen LogP contribution in [0.15, 0.2) is 85.1 Å². The molecule has 0 aliphatic carbocycles. The van der Waals surface area contributed by atoms with Gasteiger partial charge < -0.3 is 14.2 Å². The molecule has 0 fully saturated rings. The Hall–Kier alpha value is -3.41. The molecule has 0 heterocycles. The molecule has 1 atom stereocenters. The Kier molecular flexibility index (Phi) is 52.4. The molecule has 0 bridgehead atoms. The third-order valence-electron chi connectivity index (χ3n) is 11.9. The van der Waals surface area contributed by atoms with E-state index in [9.17, 15) is 14.4 Å². The molecular formula is C61H104O6. The lowest BCUT2D eigenvalue weighted by Crippen LogP contribution is -2.30. The molecule has 0 N–H and O–H groups in total. The topological polar surface area (TPSA) is 78.9 Å². The van der Waals surface area contributed by atoms with Crippen LogP contribution in [0.2, 0.25) is 0 Å². The summed E-state index contributed by atoms with van der Waals surface area (Å²) in [6.07, 6.45) is 72.1. The number of unbranched alkanes of at least 4 members (excludes halogenated alkanes) is 25. The number of allylic oxidation sites excluding steroid dienone is 14. The van der Waals surface area contributed by atoms with E-state index in [0.717, 1.165) is 116 Å². The first-order valence-electron chi connectivity index (χ1n) is 28.1. The van der Waals surface area contributed by atoms with Crippen molar-refractivity contribution in [3.05, 3.63) is 85.1 Å². The van der Waals surface area contributed by atoms with Crippen LogP contribution in [-0.2, 0) is 28.6 Å². The Balaban J connectivity index is 3.94. The van der Waals surface area contributed by atoms with Gasteiger partial charge in [0.2, 0.25) is 0 Å². The fourth-order valence-electron chi connectivity index (χ4n) is 7.66. The van der Waals surface area contributed by atoms with Gasteiger partial charge in [0.05, 0.1) is 0 Å². The molecule has 0 aliphatic heterocycles. The second-order valence-electron chi connectivity index (χ2n) is 18.5. The molecule has 6 heteroatoms. The zero-order valence-electron chi connectivity index (χ0n) is 43.9. The van der Waals surface area contributed by atoms with Crippen LogP contribution in [0.25, 0.3) is 0 Å². The molecule has 0 amide bonds. The molecule has 0 aromatic heterocycles. The highest BCUT2D eigenvalue weighted by molar-refractivity contribution is 5.71. The summed E-state index contributed by atoms with van der Waals surface area (Å²) in [4.78, 5) is 37.6. The summed E-state index contributed by atoms with van der Waals surface area (Å²) in [7, 11) is 0. The number of rotatable bonds is 50. The Bertz CT molecular complexity index is 1300. The Morgan fingerprint density at radius 1 is 0.313 bits per heavy atom. The van der Waals surface area contributed by atoms with Crippen molar-refractivity contribution in [1.29, 1.82) is 0 Å². The smallest absolute Gasteiger partial charge is 0.306 e. The predicted molar refractivity (Wildman–Crippen MR) is 288 cm³/mol. The molecule has 1 unspecified atom stereocenters. The van der Waals surface area contributed by atoms with Gasteiger partial charge in [0.1, 0.15) is 13.2 Å². The average molecular weight is 933 g/mol. The van der Waals surface area contributed by atoms with Crippen LogP contribution in [0, 0.1) is 0 Å². The number of hydrogen-bond donors (Lipinski definition) is 0. The normalized spacial score (nSPS) is 12.7. The number of carbonyl (C=O) groups is 3. The fourth-order valence-corrected chi connectivity index (χ4v) is 7.66. The second-order valence-corrected chi connectivity index (χ2v) is 18.5. The molecule has 0 aromatic rings. The van der Waals surface area contributed by atoms with Crippen LogP contribution in [0.1, 0.15) is 265 Å². The third-order valence-corrected chi connectivity index (χ3v) is 11.9. The van der Waals surface area contributed by atoms with Gasteiger partial charge in [-0.3, -0.25) is 14.4 Å². The lowest BCUT2D eigenvalue weighted by molar-refractivity contribution is -0.167. The van der Waals surface area contributed by atoms with Crippen molar-refractivity contribution in [2.75, 3.05) is 13.2 Å². The first-order chi connectivity index (χ1) is 33.0. The number of esters is 3. The third kappa shape index (κ3) is 53.4. The van der Waals surface area contributed by atoms with Crippen LogP contribution < -0.4 is 0 Å². The molecule has 0 aliphatic rings. The molecule has 0 radical (unpaired) electrons. The van der Waals surface area contributed by atoms with Crippen molar-refractivity contribution in [2.24, 2.45) is 0 Å². The maximum absolute atomic E-state index is 12.7. The molecule has 6 nitrogen and oxygen atoms in total. The van der Waals surface area contributed by atoms with Crippen molar-refractivity contribution in [1.82, 2.24) is 0 Å². The monoisotopic (exact) mass is 933 g/mol. The summed E-state index contributed by atoms with van der Waals surface area (Å²) in [6.45, 7) is 6.39. The average Bonchev–Trinajstić information content (AvgIpc) is 3.33. The second kappa shape index (κ2) is 55.2. The van der Waals surface area contributed by atoms with Gasteiger partial charge in [0.25, 0.3) is 0 Å². The Labute approximate surface area is 414 Å². The van der Waals surface area contributed by atoms with Gasteiger partial charge >= 0.3 is 17.9 Å². The summed E-state index contributed by atoms with van der Waals surface area (Å²) in [5.41, 5.74) is 0. The van der Waals surface area contributed by atoms with Crippen LogP contribution in [0.3, 0.4) is 0 Å². The predicted octanol–water partition coefficient (Wildman–Crippen LogP) is 18.8. The van der Waals surface area contributed by atoms with Gasteiger partial charge in [-0.05, 0) is 89.9 Å². The van der Waals surface area contributed by atoms with Gasteiger partial charge in [0.15, 0.2) is 6.10 Å². The molecular weight excluding hydrogens is 829 g/mol. The van der Waals surface area contributed by atoms with Crippen molar-refractivity contribution in [3.63, 3.8) is 0 Å². The molecule has 0 spiro atoms. The van der Waals surface area contributed by atoms with Crippen molar-refractivity contribution < 1.29 is 28.6 Å². The molecule has 0 saturated carbocycles. The maximum atomic E-state index is 12.7. The lowest BCUT2D eigenvalue weighted by atomic mass is 10.0. The van der Waals surface area contributed by atoms with E-state index >= 15 is 0 Å². The summed E-state index contributed by atoms with van der Waals surface area (Å²) in [5, 5.41) is 0. The van der Waals surface area contributed by atoms with Gasteiger partial charge in [-0.15, -0.1) is 0 Å². The number of carbonyl (C=O) groups excluding carboxylic acids is 3. The van der Waals surface area contributed by atoms with E-state index < -0.39 is 6.10 Å².